The third-order valence-corrected chi connectivity index (χ3v) is 6.50. The van der Waals surface area contributed by atoms with Crippen molar-refractivity contribution < 1.29 is 4.84 Å². The molecule has 1 aliphatic carbocycles. The summed E-state index contributed by atoms with van der Waals surface area (Å²) >= 11 is 7.91. The fourth-order valence-electron chi connectivity index (χ4n) is 3.61. The first-order chi connectivity index (χ1) is 13.8. The van der Waals surface area contributed by atoms with Gasteiger partial charge in [0.2, 0.25) is 0 Å². The van der Waals surface area contributed by atoms with E-state index in [1.807, 2.05) is 24.3 Å². The van der Waals surface area contributed by atoms with Crippen LogP contribution in [0.1, 0.15) is 41.1 Å². The van der Waals surface area contributed by atoms with Gasteiger partial charge in [-0.2, -0.15) is 0 Å². The minimum absolute atomic E-state index is 0.191. The minimum Gasteiger partial charge on any atom is -0.387 e. The second-order valence-electron chi connectivity index (χ2n) is 6.81. The molecule has 0 saturated carbocycles. The first kappa shape index (κ1) is 17.6. The van der Waals surface area contributed by atoms with Crippen LogP contribution in [0.3, 0.4) is 0 Å². The van der Waals surface area contributed by atoms with Crippen molar-refractivity contribution in [2.45, 2.75) is 38.7 Å². The van der Waals surface area contributed by atoms with Gasteiger partial charge in [0.15, 0.2) is 18.1 Å². The van der Waals surface area contributed by atoms with E-state index in [1.54, 1.807) is 28.4 Å². The van der Waals surface area contributed by atoms with Crippen molar-refractivity contribution in [3.8, 4) is 0 Å². The molecule has 4 aromatic rings. The lowest BCUT2D eigenvalue weighted by Gasteiger charge is -1.98. The molecule has 142 valence electrons. The van der Waals surface area contributed by atoms with Crippen LogP contribution in [0.2, 0.25) is 5.02 Å². The molecule has 0 spiro atoms. The molecule has 0 atom stereocenters. The number of hydrogen-bond donors (Lipinski definition) is 0. The van der Waals surface area contributed by atoms with Crippen LogP contribution in [0, 0.1) is 0 Å². The van der Waals surface area contributed by atoms with Crippen molar-refractivity contribution in [3.05, 3.63) is 57.4 Å². The van der Waals surface area contributed by atoms with Gasteiger partial charge in [0.25, 0.3) is 0 Å². The lowest BCUT2D eigenvalue weighted by atomic mass is 10.1. The molecule has 3 heterocycles. The van der Waals surface area contributed by atoms with Crippen LogP contribution in [0.15, 0.2) is 35.7 Å². The Kier molecular flexibility index (Phi) is 4.70. The number of aromatic nitrogens is 4. The Bertz CT molecular complexity index is 1180. The highest BCUT2D eigenvalue weighted by molar-refractivity contribution is 7.19. The van der Waals surface area contributed by atoms with Crippen LogP contribution in [0.5, 0.6) is 0 Å². The van der Waals surface area contributed by atoms with Crippen LogP contribution in [0.4, 0.5) is 0 Å². The molecule has 28 heavy (non-hydrogen) atoms. The Balaban J connectivity index is 1.41. The Morgan fingerprint density at radius 3 is 3.04 bits per heavy atom. The molecule has 8 heteroatoms. The topological polar surface area (TPSA) is 64.7 Å². The smallest absolute Gasteiger partial charge is 0.192 e. The molecule has 0 unspecified atom stereocenters. The predicted octanol–water partition coefficient (Wildman–Crippen LogP) is 4.81. The zero-order valence-electron chi connectivity index (χ0n) is 15.1. The Labute approximate surface area is 170 Å². The molecule has 0 radical (unpaired) electrons. The zero-order valence-corrected chi connectivity index (χ0v) is 16.7. The molecule has 6 nitrogen and oxygen atoms in total. The van der Waals surface area contributed by atoms with Gasteiger partial charge in [0.05, 0.1) is 11.6 Å². The summed E-state index contributed by atoms with van der Waals surface area (Å²) in [6.07, 6.45) is 9.33. The summed E-state index contributed by atoms with van der Waals surface area (Å²) in [6.45, 7) is 0.191. The Morgan fingerprint density at radius 2 is 2.11 bits per heavy atom. The average Bonchev–Trinajstić information content (AvgIpc) is 3.19. The van der Waals surface area contributed by atoms with Gasteiger partial charge < -0.3 is 4.84 Å². The fourth-order valence-corrected chi connectivity index (χ4v) is 5.01. The van der Waals surface area contributed by atoms with Gasteiger partial charge in [0.1, 0.15) is 11.2 Å². The molecule has 0 N–H and O–H groups in total. The average molecular weight is 412 g/mol. The molecule has 0 aliphatic heterocycles. The SMILES string of the molecule is Clc1ccccc1/C=N\OCc1nc2c3c4c(sc3ncn2n1)CCCCC4. The number of hydrogen-bond acceptors (Lipinski definition) is 6. The van der Waals surface area contributed by atoms with Crippen LogP contribution in [-0.2, 0) is 24.3 Å². The molecule has 0 fully saturated rings. The second-order valence-corrected chi connectivity index (χ2v) is 8.31. The standard InChI is InChI=1S/C20H18ClN5OS/c21-15-8-5-4-6-13(15)10-23-27-11-17-24-19-18-14-7-2-1-3-9-16(14)28-20(18)22-12-26(19)25-17/h4-6,8,10,12H,1-3,7,9,11H2/b23-10-. The molecule has 0 bridgehead atoms. The van der Waals surface area contributed by atoms with Gasteiger partial charge >= 0.3 is 0 Å². The van der Waals surface area contributed by atoms with Crippen molar-refractivity contribution >= 4 is 45.0 Å². The lowest BCUT2D eigenvalue weighted by Crippen LogP contribution is -1.93. The highest BCUT2D eigenvalue weighted by atomic mass is 35.5. The third kappa shape index (κ3) is 3.25. The number of rotatable bonds is 4. The predicted molar refractivity (Wildman–Crippen MR) is 111 cm³/mol. The molecule has 0 saturated heterocycles. The summed E-state index contributed by atoms with van der Waals surface area (Å²) in [4.78, 5) is 17.2. The Hall–Kier alpha value is -2.51. The first-order valence-electron chi connectivity index (χ1n) is 9.34. The van der Waals surface area contributed by atoms with Crippen LogP contribution >= 0.6 is 22.9 Å². The van der Waals surface area contributed by atoms with E-state index in [1.165, 1.54) is 29.7 Å². The normalized spacial score (nSPS) is 14.6. The Morgan fingerprint density at radius 1 is 1.21 bits per heavy atom. The van der Waals surface area contributed by atoms with Gasteiger partial charge in [-0.3, -0.25) is 0 Å². The van der Waals surface area contributed by atoms with E-state index in [2.05, 4.69) is 15.2 Å². The summed E-state index contributed by atoms with van der Waals surface area (Å²) < 4.78 is 1.75. The minimum atomic E-state index is 0.191. The number of aryl methyl sites for hydroxylation is 2. The monoisotopic (exact) mass is 411 g/mol. The highest BCUT2D eigenvalue weighted by Crippen LogP contribution is 2.36. The van der Waals surface area contributed by atoms with Gasteiger partial charge in [0, 0.05) is 15.5 Å². The second kappa shape index (κ2) is 7.48. The molecule has 5 rings (SSSR count). The summed E-state index contributed by atoms with van der Waals surface area (Å²) in [7, 11) is 0. The van der Waals surface area contributed by atoms with Gasteiger partial charge in [-0.1, -0.05) is 41.4 Å². The number of thiophene rings is 1. The first-order valence-corrected chi connectivity index (χ1v) is 10.5. The summed E-state index contributed by atoms with van der Waals surface area (Å²) in [6, 6.07) is 7.47. The van der Waals surface area contributed by atoms with Crippen molar-refractivity contribution in [2.75, 3.05) is 0 Å². The maximum atomic E-state index is 6.11. The summed E-state index contributed by atoms with van der Waals surface area (Å²) in [5.41, 5.74) is 3.07. The fraction of sp³-hybridized carbons (Fsp3) is 0.300. The summed E-state index contributed by atoms with van der Waals surface area (Å²) in [5, 5.41) is 10.3. The number of nitrogens with zero attached hydrogens (tertiary/aromatic N) is 5. The van der Waals surface area contributed by atoms with Crippen molar-refractivity contribution in [2.24, 2.45) is 5.16 Å². The highest BCUT2D eigenvalue weighted by Gasteiger charge is 2.19. The molecular formula is C20H18ClN5OS. The lowest BCUT2D eigenvalue weighted by molar-refractivity contribution is 0.126. The number of halogens is 1. The van der Waals surface area contributed by atoms with E-state index in [0.717, 1.165) is 34.3 Å². The number of fused-ring (bicyclic) bond motifs is 5. The van der Waals surface area contributed by atoms with Gasteiger partial charge in [-0.15, -0.1) is 16.4 Å². The van der Waals surface area contributed by atoms with E-state index in [9.17, 15) is 0 Å². The zero-order chi connectivity index (χ0) is 18.9. The van der Waals surface area contributed by atoms with E-state index >= 15 is 0 Å². The maximum Gasteiger partial charge on any atom is 0.192 e. The van der Waals surface area contributed by atoms with E-state index in [0.29, 0.717) is 10.8 Å². The van der Waals surface area contributed by atoms with Crippen molar-refractivity contribution in [1.82, 2.24) is 19.6 Å². The number of benzene rings is 1. The van der Waals surface area contributed by atoms with Gasteiger partial charge in [-0.05, 0) is 37.3 Å². The van der Waals surface area contributed by atoms with Crippen molar-refractivity contribution in [3.63, 3.8) is 0 Å². The maximum absolute atomic E-state index is 6.11. The summed E-state index contributed by atoms with van der Waals surface area (Å²) in [5.74, 6) is 0.583. The van der Waals surface area contributed by atoms with Gasteiger partial charge in [-0.25, -0.2) is 14.5 Å². The van der Waals surface area contributed by atoms with Crippen LogP contribution in [-0.4, -0.2) is 25.8 Å². The van der Waals surface area contributed by atoms with E-state index in [-0.39, 0.29) is 6.61 Å². The molecule has 0 amide bonds. The molecule has 1 aromatic carbocycles. The van der Waals surface area contributed by atoms with E-state index in [4.69, 9.17) is 21.4 Å². The number of oxime groups is 1. The van der Waals surface area contributed by atoms with Crippen molar-refractivity contribution in [1.29, 1.82) is 0 Å². The van der Waals surface area contributed by atoms with E-state index < -0.39 is 0 Å². The molecular weight excluding hydrogens is 394 g/mol. The van der Waals surface area contributed by atoms with Crippen LogP contribution < -0.4 is 0 Å². The quantitative estimate of drug-likeness (QED) is 0.274. The largest absolute Gasteiger partial charge is 0.387 e. The van der Waals surface area contributed by atoms with Crippen LogP contribution in [0.25, 0.3) is 15.9 Å². The molecule has 1 aliphatic rings. The third-order valence-electron chi connectivity index (χ3n) is 4.95. The molecule has 3 aromatic heterocycles.